The third-order valence-corrected chi connectivity index (χ3v) is 8.17. The molecule has 2 fully saturated rings. The van der Waals surface area contributed by atoms with Gasteiger partial charge in [-0.3, -0.25) is 4.72 Å². The molecule has 38 heavy (non-hydrogen) atoms. The minimum absolute atomic E-state index is 0.0739. The van der Waals surface area contributed by atoms with Crippen LogP contribution in [-0.4, -0.2) is 60.6 Å². The number of methoxy groups -OCH3 is 1. The lowest BCUT2D eigenvalue weighted by Crippen LogP contribution is -2.51. The van der Waals surface area contributed by atoms with Crippen LogP contribution in [0.3, 0.4) is 0 Å². The summed E-state index contributed by atoms with van der Waals surface area (Å²) in [6.07, 6.45) is 5.24. The molecule has 196 valence electrons. The normalized spacial score (nSPS) is 19.1. The van der Waals surface area contributed by atoms with E-state index in [1.54, 1.807) is 6.07 Å². The van der Waals surface area contributed by atoms with E-state index in [1.807, 2.05) is 6.07 Å². The number of piperazine rings is 1. The van der Waals surface area contributed by atoms with Gasteiger partial charge in [0.25, 0.3) is 10.0 Å². The number of nitrogens with one attached hydrogen (secondary N) is 2. The van der Waals surface area contributed by atoms with Crippen LogP contribution in [0.25, 0.3) is 22.3 Å². The average Bonchev–Trinajstić information content (AvgIpc) is 3.24. The zero-order valence-electron chi connectivity index (χ0n) is 20.2. The topological polar surface area (TPSA) is 122 Å². The molecule has 2 aliphatic rings. The van der Waals surface area contributed by atoms with E-state index in [1.165, 1.54) is 25.7 Å². The van der Waals surface area contributed by atoms with Gasteiger partial charge >= 0.3 is 0 Å². The SMILES string of the molecule is COc1ncc(-c2ccc3ncnc(N4CC5CCC(C4)N5)c3n2)cc1NS(=O)(=O)c1c(F)cccc1F. The van der Waals surface area contributed by atoms with E-state index in [0.29, 0.717) is 34.4 Å². The van der Waals surface area contributed by atoms with Crippen molar-refractivity contribution in [2.24, 2.45) is 0 Å². The minimum Gasteiger partial charge on any atom is -0.480 e. The molecule has 2 unspecified atom stereocenters. The minimum atomic E-state index is -4.64. The standard InChI is InChI=1S/C25H23F2N7O3S/c1-37-25-21(33-38(35,36)23-17(26)3-2-4-18(23)27)9-14(10-28-25)19-7-8-20-22(32-19)24(30-13-29-20)34-11-15-5-6-16(12-34)31-15/h2-4,7-10,13,15-16,31,33H,5-6,11-12H2,1H3. The van der Waals surface area contributed by atoms with Gasteiger partial charge in [0.15, 0.2) is 10.7 Å². The number of anilines is 2. The molecule has 2 bridgehead atoms. The van der Waals surface area contributed by atoms with Crippen LogP contribution in [0.2, 0.25) is 0 Å². The van der Waals surface area contributed by atoms with Gasteiger partial charge in [-0.2, -0.15) is 0 Å². The fourth-order valence-electron chi connectivity index (χ4n) is 5.05. The van der Waals surface area contributed by atoms with E-state index in [9.17, 15) is 17.2 Å². The highest BCUT2D eigenvalue weighted by atomic mass is 32.2. The molecule has 10 nitrogen and oxygen atoms in total. The maximum atomic E-state index is 14.2. The summed E-state index contributed by atoms with van der Waals surface area (Å²) in [5.74, 6) is -1.78. The first-order valence-electron chi connectivity index (χ1n) is 12.0. The van der Waals surface area contributed by atoms with E-state index in [0.717, 1.165) is 49.9 Å². The second-order valence-corrected chi connectivity index (χ2v) is 10.9. The summed E-state index contributed by atoms with van der Waals surface area (Å²) in [5, 5.41) is 3.60. The van der Waals surface area contributed by atoms with Crippen molar-refractivity contribution in [1.82, 2.24) is 25.3 Å². The van der Waals surface area contributed by atoms with Crippen molar-refractivity contribution in [2.45, 2.75) is 29.8 Å². The number of rotatable bonds is 6. The van der Waals surface area contributed by atoms with Gasteiger partial charge < -0.3 is 15.0 Å². The molecular formula is C25H23F2N7O3S. The van der Waals surface area contributed by atoms with Crippen LogP contribution >= 0.6 is 0 Å². The Morgan fingerprint density at radius 3 is 2.50 bits per heavy atom. The molecule has 1 aromatic carbocycles. The maximum Gasteiger partial charge on any atom is 0.267 e. The highest BCUT2D eigenvalue weighted by Crippen LogP contribution is 2.33. The van der Waals surface area contributed by atoms with E-state index in [4.69, 9.17) is 9.72 Å². The number of hydrogen-bond donors (Lipinski definition) is 2. The van der Waals surface area contributed by atoms with Crippen molar-refractivity contribution < 1.29 is 21.9 Å². The van der Waals surface area contributed by atoms with E-state index in [2.05, 4.69) is 29.9 Å². The van der Waals surface area contributed by atoms with Gasteiger partial charge in [0.2, 0.25) is 5.88 Å². The first-order chi connectivity index (χ1) is 18.3. The molecule has 0 saturated carbocycles. The number of nitrogens with zero attached hydrogens (tertiary/aromatic N) is 5. The molecule has 2 atom stereocenters. The van der Waals surface area contributed by atoms with E-state index >= 15 is 0 Å². The van der Waals surface area contributed by atoms with Crippen LogP contribution in [0.5, 0.6) is 5.88 Å². The molecule has 0 aliphatic carbocycles. The molecule has 2 N–H and O–H groups in total. The summed E-state index contributed by atoms with van der Waals surface area (Å²) < 4.78 is 61.6. The van der Waals surface area contributed by atoms with Crippen LogP contribution in [0, 0.1) is 11.6 Å². The van der Waals surface area contributed by atoms with Gasteiger partial charge in [-0.1, -0.05) is 6.07 Å². The van der Waals surface area contributed by atoms with Crippen molar-refractivity contribution in [1.29, 1.82) is 0 Å². The van der Waals surface area contributed by atoms with E-state index in [-0.39, 0.29) is 11.6 Å². The number of fused-ring (bicyclic) bond motifs is 3. The fourth-order valence-corrected chi connectivity index (χ4v) is 6.24. The van der Waals surface area contributed by atoms with Crippen molar-refractivity contribution in [3.05, 3.63) is 60.6 Å². The van der Waals surface area contributed by atoms with Crippen LogP contribution < -0.4 is 19.7 Å². The second-order valence-electron chi connectivity index (χ2n) is 9.24. The number of halogens is 2. The molecule has 4 aromatic rings. The predicted molar refractivity (Wildman–Crippen MR) is 136 cm³/mol. The summed E-state index contributed by atoms with van der Waals surface area (Å²) in [7, 11) is -3.33. The Balaban J connectivity index is 1.39. The van der Waals surface area contributed by atoms with Gasteiger partial charge in [-0.25, -0.2) is 37.1 Å². The molecule has 6 rings (SSSR count). The zero-order valence-corrected chi connectivity index (χ0v) is 21.0. The summed E-state index contributed by atoms with van der Waals surface area (Å²) >= 11 is 0. The Labute approximate surface area is 217 Å². The monoisotopic (exact) mass is 539 g/mol. The molecule has 0 spiro atoms. The highest BCUT2D eigenvalue weighted by molar-refractivity contribution is 7.92. The van der Waals surface area contributed by atoms with Gasteiger partial charge in [-0.15, -0.1) is 0 Å². The Morgan fingerprint density at radius 1 is 1.05 bits per heavy atom. The fraction of sp³-hybridized carbons (Fsp3) is 0.280. The molecule has 0 amide bonds. The lowest BCUT2D eigenvalue weighted by molar-refractivity contribution is 0.400. The van der Waals surface area contributed by atoms with Gasteiger partial charge in [0, 0.05) is 36.9 Å². The Kier molecular flexibility index (Phi) is 6.03. The summed E-state index contributed by atoms with van der Waals surface area (Å²) in [5.41, 5.74) is 2.12. The number of benzene rings is 1. The largest absolute Gasteiger partial charge is 0.480 e. The zero-order chi connectivity index (χ0) is 26.4. The molecule has 2 saturated heterocycles. The van der Waals surface area contributed by atoms with Crippen LogP contribution in [-0.2, 0) is 10.0 Å². The van der Waals surface area contributed by atoms with Crippen LogP contribution in [0.15, 0.2) is 53.8 Å². The summed E-state index contributed by atoms with van der Waals surface area (Å²) in [6, 6.07) is 8.62. The van der Waals surface area contributed by atoms with Crippen molar-refractivity contribution >= 4 is 32.6 Å². The number of ether oxygens (including phenoxy) is 1. The number of pyridine rings is 2. The van der Waals surface area contributed by atoms with Crippen LogP contribution in [0.1, 0.15) is 12.8 Å². The third-order valence-electron chi connectivity index (χ3n) is 6.75. The van der Waals surface area contributed by atoms with Crippen molar-refractivity contribution in [3.63, 3.8) is 0 Å². The lowest BCUT2D eigenvalue weighted by Gasteiger charge is -2.33. The Bertz CT molecular complexity index is 1620. The predicted octanol–water partition coefficient (Wildman–Crippen LogP) is 3.12. The van der Waals surface area contributed by atoms with Gasteiger partial charge in [-0.05, 0) is 43.2 Å². The molecule has 13 heteroatoms. The van der Waals surface area contributed by atoms with Gasteiger partial charge in [0.05, 0.1) is 18.3 Å². The number of aromatic nitrogens is 4. The second kappa shape index (κ2) is 9.40. The van der Waals surface area contributed by atoms with Crippen LogP contribution in [0.4, 0.5) is 20.3 Å². The van der Waals surface area contributed by atoms with E-state index < -0.39 is 26.6 Å². The van der Waals surface area contributed by atoms with Crippen molar-refractivity contribution in [3.8, 4) is 17.1 Å². The smallest absolute Gasteiger partial charge is 0.267 e. The Hall–Kier alpha value is -3.97. The molecule has 0 radical (unpaired) electrons. The Morgan fingerprint density at radius 2 is 1.79 bits per heavy atom. The quantitative estimate of drug-likeness (QED) is 0.381. The number of hydrogen-bond acceptors (Lipinski definition) is 9. The summed E-state index contributed by atoms with van der Waals surface area (Å²) in [6.45, 7) is 1.63. The molecule has 3 aromatic heterocycles. The van der Waals surface area contributed by atoms with Gasteiger partial charge in [0.1, 0.15) is 29.2 Å². The maximum absolute atomic E-state index is 14.2. The molecule has 5 heterocycles. The molecular weight excluding hydrogens is 516 g/mol. The van der Waals surface area contributed by atoms with Crippen molar-refractivity contribution in [2.75, 3.05) is 29.8 Å². The first kappa shape index (κ1) is 24.4. The highest BCUT2D eigenvalue weighted by Gasteiger charge is 2.33. The first-order valence-corrected chi connectivity index (χ1v) is 13.4. The third kappa shape index (κ3) is 4.37. The summed E-state index contributed by atoms with van der Waals surface area (Å²) in [4.78, 5) is 19.0. The average molecular weight is 540 g/mol. The molecule has 2 aliphatic heterocycles. The lowest BCUT2D eigenvalue weighted by atomic mass is 10.1. The number of sulfonamides is 1.